The number of rotatable bonds is 13. The molecule has 10 heterocycles. The second-order valence-electron chi connectivity index (χ2n) is 28.0. The van der Waals surface area contributed by atoms with Crippen LogP contribution in [-0.4, -0.2) is 114 Å². The second kappa shape index (κ2) is 81.4. The number of fused-ring (bicyclic) bond motifs is 2. The van der Waals surface area contributed by atoms with Crippen LogP contribution in [0.5, 0.6) is 0 Å². The van der Waals surface area contributed by atoms with Crippen molar-refractivity contribution in [1.29, 1.82) is 0 Å². The molecule has 764 valence electrons. The van der Waals surface area contributed by atoms with Crippen LogP contribution in [0.25, 0.3) is 66.7 Å². The molecule has 0 fully saturated rings. The van der Waals surface area contributed by atoms with Crippen LogP contribution < -0.4 is 9.80 Å². The van der Waals surface area contributed by atoms with Crippen LogP contribution in [-0.2, 0) is 67.6 Å². The molecule has 0 amide bonds. The number of aromatic nitrogens is 10. The van der Waals surface area contributed by atoms with E-state index in [1.54, 1.807) is 86.0 Å². The Balaban J connectivity index is 0.000000534. The van der Waals surface area contributed by atoms with Gasteiger partial charge in [-0.25, -0.2) is 4.98 Å². The number of para-hydroxylation sites is 1. The van der Waals surface area contributed by atoms with Crippen molar-refractivity contribution in [2.45, 2.75) is 0 Å². The molecular formula is C116H113Cl10N12O2Ru5-5. The summed E-state index contributed by atoms with van der Waals surface area (Å²) in [4.78, 5) is 64.8. The first-order valence-electron chi connectivity index (χ1n) is 41.9. The number of hydrogen-bond acceptors (Lipinski definition) is 14. The summed E-state index contributed by atoms with van der Waals surface area (Å²) in [6.07, 6.45) is 24.4. The molecule has 0 aliphatic rings. The molecule has 0 aliphatic heterocycles. The molecule has 0 saturated heterocycles. The minimum absolute atomic E-state index is 0. The summed E-state index contributed by atoms with van der Waals surface area (Å²) in [6, 6.07) is 131. The quantitative estimate of drug-likeness (QED) is 0.0607. The molecular weight excluding hydrogens is 2450 g/mol. The zero-order chi connectivity index (χ0) is 100. The first-order chi connectivity index (χ1) is 68.2. The summed E-state index contributed by atoms with van der Waals surface area (Å²) in [7, 11) is 64.7. The zero-order valence-corrected chi connectivity index (χ0v) is 97.1. The van der Waals surface area contributed by atoms with Crippen molar-refractivity contribution in [3.63, 3.8) is 0 Å². The SMILES string of the molecule is CN(C)c1ccncc1.CN(C)c1ccncc1.O=Cc1ccccn1.O=Cc1ccccn1.[CH3-].[CH3-].[CH3-].[CH3-].[CH3-].[Cl][Ru]([Cl])=[CH]c1ccccc1.[Cl][Ru]([Cl])=[CH]c1ccccc1.[Cl][Ru]([Cl])=[CH]c1ccccc1.[Cl][Ru]([Cl])=[CH]c1ccccc1.[Cl][Ru]([Cl])=[CH]c1ccccc1.c1ccc(-c2ccccn2)nc1.c1ccc(-c2ccncc2)cc1.c1ccc(-c2ccncc2)cc1.c1ccc2cc(-c3ccc4ccccc4n3)ncc2c1. The molecule has 0 aliphatic carbocycles. The summed E-state index contributed by atoms with van der Waals surface area (Å²) >= 11 is -8.07. The van der Waals surface area contributed by atoms with Crippen LogP contribution in [0.3, 0.4) is 0 Å². The van der Waals surface area contributed by atoms with Gasteiger partial charge in [0.15, 0.2) is 12.6 Å². The Labute approximate surface area is 922 Å². The third-order valence-corrected chi connectivity index (χ3v) is 27.0. The Morgan fingerprint density at radius 1 is 0.221 bits per heavy atom. The third kappa shape index (κ3) is 59.0. The van der Waals surface area contributed by atoms with Crippen molar-refractivity contribution in [3.8, 4) is 45.0 Å². The number of halogens is 10. The van der Waals surface area contributed by atoms with Crippen molar-refractivity contribution < 1.29 is 77.2 Å². The predicted molar refractivity (Wildman–Crippen MR) is 614 cm³/mol. The molecule has 145 heavy (non-hydrogen) atoms. The molecule has 19 aromatic rings. The van der Waals surface area contributed by atoms with Gasteiger partial charge in [-0.05, 0) is 143 Å². The van der Waals surface area contributed by atoms with Gasteiger partial charge in [-0.1, -0.05) is 133 Å². The summed E-state index contributed by atoms with van der Waals surface area (Å²) < 4.78 is 9.62. The second-order valence-corrected chi connectivity index (χ2v) is 56.6. The van der Waals surface area contributed by atoms with Gasteiger partial charge in [-0.3, -0.25) is 54.4 Å². The molecule has 19 rings (SSSR count). The maximum Gasteiger partial charge on any atom is 0.0894 e. The summed E-state index contributed by atoms with van der Waals surface area (Å²) in [5.74, 6) is 0. The largest absolute Gasteiger partial charge is 0.265 e. The van der Waals surface area contributed by atoms with E-state index in [1.807, 2.05) is 401 Å². The normalized spacial score (nSPS) is 9.71. The molecule has 0 bridgehead atoms. The van der Waals surface area contributed by atoms with Gasteiger partial charge in [0.05, 0.1) is 28.3 Å². The molecule has 14 nitrogen and oxygen atoms in total. The van der Waals surface area contributed by atoms with Gasteiger partial charge in [0.2, 0.25) is 0 Å². The average molecular weight is 2570 g/mol. The average Bonchev–Trinajstić information content (AvgIpc) is 0.803. The predicted octanol–water partition coefficient (Wildman–Crippen LogP) is 32.2. The number of aldehydes is 2. The van der Waals surface area contributed by atoms with E-state index in [0.717, 1.165) is 79.5 Å². The van der Waals surface area contributed by atoms with Crippen molar-refractivity contribution in [1.82, 2.24) is 49.8 Å². The minimum atomic E-state index is -1.61. The van der Waals surface area contributed by atoms with E-state index in [9.17, 15) is 9.59 Å². The first kappa shape index (κ1) is 130. The fraction of sp³-hybridized carbons (Fsp3) is 0.0345. The summed E-state index contributed by atoms with van der Waals surface area (Å²) in [5, 5.41) is 3.49. The first-order valence-corrected chi connectivity index (χ1v) is 69.3. The molecule has 0 atom stereocenters. The van der Waals surface area contributed by atoms with Crippen molar-refractivity contribution in [2.75, 3.05) is 38.0 Å². The monoisotopic (exact) mass is 2570 g/mol. The van der Waals surface area contributed by atoms with Gasteiger partial charge in [0.25, 0.3) is 0 Å². The number of anilines is 2. The Bertz CT molecular complexity index is 5960. The van der Waals surface area contributed by atoms with Gasteiger partial charge in [-0.2, -0.15) is 0 Å². The van der Waals surface area contributed by atoms with Crippen molar-refractivity contribution >= 4 is 166 Å². The molecule has 0 N–H and O–H groups in total. The van der Waals surface area contributed by atoms with E-state index in [-0.39, 0.29) is 37.1 Å². The molecule has 0 unspecified atom stereocenters. The fourth-order valence-corrected chi connectivity index (χ4v) is 20.2. The third-order valence-electron chi connectivity index (χ3n) is 17.6. The Morgan fingerprint density at radius 3 is 0.738 bits per heavy atom. The molecule has 10 aromatic heterocycles. The molecule has 0 spiro atoms. The number of hydrogen-bond donors (Lipinski definition) is 0. The Kier molecular flexibility index (Phi) is 73.2. The van der Waals surface area contributed by atoms with E-state index in [4.69, 9.17) is 96.9 Å². The fourth-order valence-electron chi connectivity index (χ4n) is 11.0. The van der Waals surface area contributed by atoms with Gasteiger partial charge in [0, 0.05) is 131 Å². The molecule has 29 heteroatoms. The smallest absolute Gasteiger partial charge is 0.0894 e. The number of benzene rings is 9. The van der Waals surface area contributed by atoms with Gasteiger partial charge in [-0.15, -0.1) is 0 Å². The van der Waals surface area contributed by atoms with Crippen molar-refractivity contribution in [3.05, 3.63) is 557 Å². The Morgan fingerprint density at radius 2 is 0.476 bits per heavy atom. The van der Waals surface area contributed by atoms with Crippen LogP contribution in [0.15, 0.2) is 481 Å². The molecule has 0 radical (unpaired) electrons. The van der Waals surface area contributed by atoms with Gasteiger partial charge in [0.1, 0.15) is 11.4 Å². The molecule has 0 saturated carbocycles. The Hall–Kier alpha value is -10.7. The van der Waals surface area contributed by atoms with E-state index >= 15 is 0 Å². The van der Waals surface area contributed by atoms with Gasteiger partial charge < -0.3 is 46.9 Å². The van der Waals surface area contributed by atoms with Crippen LogP contribution in [0, 0.1) is 37.1 Å². The van der Waals surface area contributed by atoms with E-state index in [2.05, 4.69) is 104 Å². The van der Waals surface area contributed by atoms with Crippen LogP contribution >= 0.6 is 96.9 Å². The summed E-state index contributed by atoms with van der Waals surface area (Å²) in [5.41, 5.74) is 18.5. The number of nitrogens with zero attached hydrogens (tertiary/aromatic N) is 12. The summed E-state index contributed by atoms with van der Waals surface area (Å²) in [6.45, 7) is 0. The van der Waals surface area contributed by atoms with E-state index in [0.29, 0.717) is 11.4 Å². The number of carbonyl (C=O) groups excluding carboxylic acids is 2. The number of pyridine rings is 10. The molecule has 9 aromatic carbocycles. The van der Waals surface area contributed by atoms with E-state index < -0.39 is 67.6 Å². The van der Waals surface area contributed by atoms with Gasteiger partial charge >= 0.3 is 367 Å². The minimum Gasteiger partial charge on any atom is -0.265 e. The zero-order valence-electron chi connectivity index (χ0n) is 80.9. The maximum atomic E-state index is 9.94. The topological polar surface area (TPSA) is 170 Å². The maximum absolute atomic E-state index is 9.94. The van der Waals surface area contributed by atoms with Crippen molar-refractivity contribution in [2.24, 2.45) is 0 Å². The van der Waals surface area contributed by atoms with E-state index in [1.165, 1.54) is 39.0 Å². The number of carbonyl (C=O) groups is 2. The van der Waals surface area contributed by atoms with Crippen LogP contribution in [0.4, 0.5) is 11.4 Å². The standard InChI is InChI=1S/C18H12N2.2C11H9N.C10H8N2.2C7H10N2.5C7H6.2C6H5NO.5CH3.10ClH.5Ru/c1-2-7-15-12-19-18(11-14(15)6-1)17-10-9-13-5-3-4-8-16(13)20-17;2*1-2-4-10(5-3-1)11-6-8-12-9-7-11;1-3-7-11-9(5-1)10-6-2-4-8-12-10;2*1-9(2)7-3-5-8-6-4-7;5*1-7-5-3-2-4-6-7;2*8-5-6-3-1-2-4-7-6;;;;;;;;;;;;;;;;;;;;/h1-12H;2*1-9H;1-8H;2*3-6H,1-2H3;5*1-6H;2*1-5H;5*1H3;10*1H;;;;;/q;;;;;;;;;;;;;5*-1;;;;;;;;;;;5*+2/p-10. The van der Waals surface area contributed by atoms with Crippen LogP contribution in [0.1, 0.15) is 48.8 Å². The van der Waals surface area contributed by atoms with Crippen LogP contribution in [0.2, 0.25) is 0 Å².